The number of hydrogen-bond acceptors (Lipinski definition) is 2. The van der Waals surface area contributed by atoms with Crippen molar-refractivity contribution < 1.29 is 18.0 Å². The Kier molecular flexibility index (Phi) is 6.41. The van der Waals surface area contributed by atoms with E-state index in [2.05, 4.69) is 6.58 Å². The number of likely N-dealkylation sites (tertiary alicyclic amines) is 1. The van der Waals surface area contributed by atoms with E-state index in [-0.39, 0.29) is 18.5 Å². The molecule has 3 nitrogen and oxygen atoms in total. The van der Waals surface area contributed by atoms with Gasteiger partial charge in [0.05, 0.1) is 12.5 Å². The summed E-state index contributed by atoms with van der Waals surface area (Å²) in [5.41, 5.74) is 6.57. The highest BCUT2D eigenvalue weighted by atomic mass is 19.4. The van der Waals surface area contributed by atoms with Gasteiger partial charge in [0.2, 0.25) is 5.91 Å². The lowest BCUT2D eigenvalue weighted by Gasteiger charge is -2.42. The fraction of sp³-hybridized carbons (Fsp3) is 0.562. The van der Waals surface area contributed by atoms with Crippen LogP contribution in [0.25, 0.3) is 0 Å². The van der Waals surface area contributed by atoms with Crippen molar-refractivity contribution in [2.75, 3.05) is 6.54 Å². The second-order valence-electron chi connectivity index (χ2n) is 5.55. The number of halogens is 3. The highest BCUT2D eigenvalue weighted by Crippen LogP contribution is 2.31. The van der Waals surface area contributed by atoms with Crippen molar-refractivity contribution in [2.24, 2.45) is 11.7 Å². The largest absolute Gasteiger partial charge is 0.390 e. The molecule has 124 valence electrons. The molecule has 22 heavy (non-hydrogen) atoms. The Bertz CT molecular complexity index is 469. The number of hydrogen-bond donors (Lipinski definition) is 1. The molecule has 0 aromatic rings. The van der Waals surface area contributed by atoms with Gasteiger partial charge < -0.3 is 10.6 Å². The van der Waals surface area contributed by atoms with E-state index in [1.54, 1.807) is 6.92 Å². The summed E-state index contributed by atoms with van der Waals surface area (Å²) in [5, 5.41) is 0. The predicted molar refractivity (Wildman–Crippen MR) is 81.0 cm³/mol. The molecular weight excluding hydrogens is 293 g/mol. The van der Waals surface area contributed by atoms with Crippen LogP contribution in [0.15, 0.2) is 36.5 Å². The molecule has 0 unspecified atom stereocenters. The first-order valence-corrected chi connectivity index (χ1v) is 7.28. The SMILES string of the molecule is C=C(/C=C\C=C/C)[C@@H]1C[C@H](N)C(=O)N(CCC(F)(F)F)[C@@H]1C. The molecule has 3 atom stereocenters. The van der Waals surface area contributed by atoms with Crippen molar-refractivity contribution >= 4 is 5.91 Å². The van der Waals surface area contributed by atoms with E-state index in [0.29, 0.717) is 6.42 Å². The molecule has 0 bridgehead atoms. The van der Waals surface area contributed by atoms with E-state index >= 15 is 0 Å². The Morgan fingerprint density at radius 3 is 2.64 bits per heavy atom. The zero-order valence-electron chi connectivity index (χ0n) is 12.9. The van der Waals surface area contributed by atoms with Crippen LogP contribution in [0.1, 0.15) is 26.7 Å². The number of alkyl halides is 3. The molecule has 1 aliphatic heterocycles. The summed E-state index contributed by atoms with van der Waals surface area (Å²) in [5.74, 6) is -0.555. The van der Waals surface area contributed by atoms with Crippen LogP contribution >= 0.6 is 0 Å². The molecule has 0 aliphatic carbocycles. The van der Waals surface area contributed by atoms with Gasteiger partial charge in [0, 0.05) is 18.5 Å². The topological polar surface area (TPSA) is 46.3 Å². The summed E-state index contributed by atoms with van der Waals surface area (Å²) in [6.07, 6.45) is 2.41. The quantitative estimate of drug-likeness (QED) is 0.792. The first-order valence-electron chi connectivity index (χ1n) is 7.28. The first kappa shape index (κ1) is 18.5. The normalized spacial score (nSPS) is 27.1. The van der Waals surface area contributed by atoms with Crippen molar-refractivity contribution in [3.63, 3.8) is 0 Å². The molecule has 1 heterocycles. The smallest absolute Gasteiger partial charge is 0.338 e. The maximum Gasteiger partial charge on any atom is 0.390 e. The summed E-state index contributed by atoms with van der Waals surface area (Å²) in [4.78, 5) is 13.3. The summed E-state index contributed by atoms with van der Waals surface area (Å²) in [6.45, 7) is 7.23. The van der Waals surface area contributed by atoms with E-state index in [0.717, 1.165) is 5.57 Å². The average molecular weight is 316 g/mol. The van der Waals surface area contributed by atoms with E-state index < -0.39 is 24.5 Å². The fourth-order valence-corrected chi connectivity index (χ4v) is 2.64. The number of rotatable bonds is 5. The first-order chi connectivity index (χ1) is 10.2. The van der Waals surface area contributed by atoms with Crippen molar-refractivity contribution in [1.29, 1.82) is 0 Å². The minimum absolute atomic E-state index is 0.137. The molecular formula is C16H23F3N2O. The van der Waals surface area contributed by atoms with Gasteiger partial charge in [0.25, 0.3) is 0 Å². The van der Waals surface area contributed by atoms with Crippen LogP contribution in [0, 0.1) is 5.92 Å². The van der Waals surface area contributed by atoms with Crippen LogP contribution < -0.4 is 5.73 Å². The van der Waals surface area contributed by atoms with E-state index in [1.165, 1.54) is 4.90 Å². The number of amides is 1. The maximum atomic E-state index is 12.4. The van der Waals surface area contributed by atoms with Crippen molar-refractivity contribution in [1.82, 2.24) is 4.90 Å². The monoisotopic (exact) mass is 316 g/mol. The zero-order valence-corrected chi connectivity index (χ0v) is 12.9. The Hall–Kier alpha value is -1.56. The van der Waals surface area contributed by atoms with Crippen LogP contribution in [-0.4, -0.2) is 35.6 Å². The summed E-state index contributed by atoms with van der Waals surface area (Å²) >= 11 is 0. The van der Waals surface area contributed by atoms with Gasteiger partial charge in [0.1, 0.15) is 0 Å². The second kappa shape index (κ2) is 7.63. The second-order valence-corrected chi connectivity index (χ2v) is 5.55. The minimum atomic E-state index is -4.29. The van der Waals surface area contributed by atoms with Crippen molar-refractivity contribution in [3.8, 4) is 0 Å². The molecule has 0 spiro atoms. The Balaban J connectivity index is 2.84. The number of nitrogens with two attached hydrogens (primary N) is 1. The molecule has 0 aromatic carbocycles. The lowest BCUT2D eigenvalue weighted by Crippen LogP contribution is -2.57. The summed E-state index contributed by atoms with van der Waals surface area (Å²) < 4.78 is 37.3. The number of carbonyl (C=O) groups is 1. The van der Waals surface area contributed by atoms with E-state index in [9.17, 15) is 18.0 Å². The molecule has 1 aliphatic rings. The molecule has 1 amide bonds. The number of carbonyl (C=O) groups excluding carboxylic acids is 1. The molecule has 6 heteroatoms. The molecule has 1 fully saturated rings. The standard InChI is InChI=1S/C16H23F3N2O/c1-4-5-6-7-11(2)13-10-14(20)15(22)21(12(13)3)9-8-16(17,18)19/h4-7,12-14H,2,8-10,20H2,1,3H3/b5-4-,7-6-/t12-,13+,14+/m1/s1. The molecule has 0 saturated carbocycles. The van der Waals surface area contributed by atoms with Crippen LogP contribution in [0.4, 0.5) is 13.2 Å². The Labute approximate surface area is 129 Å². The summed E-state index contributed by atoms with van der Waals surface area (Å²) in [6, 6.07) is -1.13. The van der Waals surface area contributed by atoms with Crippen molar-refractivity contribution in [3.05, 3.63) is 36.5 Å². The third-order valence-electron chi connectivity index (χ3n) is 3.91. The van der Waals surface area contributed by atoms with Crippen LogP contribution in [0.3, 0.4) is 0 Å². The average Bonchev–Trinajstić information content (AvgIpc) is 2.41. The Morgan fingerprint density at radius 1 is 1.45 bits per heavy atom. The van der Waals surface area contributed by atoms with Gasteiger partial charge in [-0.1, -0.05) is 30.9 Å². The fourth-order valence-electron chi connectivity index (χ4n) is 2.64. The number of nitrogens with zero attached hydrogens (tertiary/aromatic N) is 1. The van der Waals surface area contributed by atoms with Gasteiger partial charge in [-0.15, -0.1) is 0 Å². The maximum absolute atomic E-state index is 12.4. The highest BCUT2D eigenvalue weighted by molar-refractivity contribution is 5.83. The Morgan fingerprint density at radius 2 is 2.09 bits per heavy atom. The minimum Gasteiger partial charge on any atom is -0.338 e. The highest BCUT2D eigenvalue weighted by Gasteiger charge is 2.40. The van der Waals surface area contributed by atoms with Crippen LogP contribution in [-0.2, 0) is 4.79 Å². The van der Waals surface area contributed by atoms with Gasteiger partial charge in [-0.25, -0.2) is 0 Å². The van der Waals surface area contributed by atoms with Gasteiger partial charge in [-0.05, 0) is 25.8 Å². The number of piperidine rings is 1. The summed E-state index contributed by atoms with van der Waals surface area (Å²) in [7, 11) is 0. The lowest BCUT2D eigenvalue weighted by molar-refractivity contribution is -0.151. The van der Waals surface area contributed by atoms with Crippen LogP contribution in [0.5, 0.6) is 0 Å². The molecule has 1 saturated heterocycles. The van der Waals surface area contributed by atoms with E-state index in [4.69, 9.17) is 5.73 Å². The van der Waals surface area contributed by atoms with E-state index in [1.807, 2.05) is 31.2 Å². The van der Waals surface area contributed by atoms with Gasteiger partial charge in [0.15, 0.2) is 0 Å². The predicted octanol–water partition coefficient (Wildman–Crippen LogP) is 3.19. The van der Waals surface area contributed by atoms with Gasteiger partial charge >= 0.3 is 6.18 Å². The molecule has 2 N–H and O–H groups in total. The molecule has 0 aromatic heterocycles. The number of allylic oxidation sites excluding steroid dienone is 4. The van der Waals surface area contributed by atoms with Gasteiger partial charge in [-0.2, -0.15) is 13.2 Å². The molecule has 0 radical (unpaired) electrons. The van der Waals surface area contributed by atoms with Crippen molar-refractivity contribution in [2.45, 2.75) is 44.9 Å². The lowest BCUT2D eigenvalue weighted by atomic mass is 9.82. The molecule has 1 rings (SSSR count). The third kappa shape index (κ3) is 5.02. The third-order valence-corrected chi connectivity index (χ3v) is 3.91. The zero-order chi connectivity index (χ0) is 16.9. The van der Waals surface area contributed by atoms with Gasteiger partial charge in [-0.3, -0.25) is 4.79 Å². The van der Waals surface area contributed by atoms with Crippen LogP contribution in [0.2, 0.25) is 0 Å².